The summed E-state index contributed by atoms with van der Waals surface area (Å²) in [6.45, 7) is 27.1. The van der Waals surface area contributed by atoms with Crippen molar-refractivity contribution in [2.45, 2.75) is 232 Å². The number of Topliss-reactive ketones (excluding diaryl/α,β-unsaturated/α-hetero) is 1. The number of allylic oxidation sites excluding steroid dienone is 5. The van der Waals surface area contributed by atoms with Gasteiger partial charge in [-0.25, -0.2) is 39.4 Å². The largest absolute Gasteiger partial charge is 0.460 e. The number of ketones is 1. The predicted octanol–water partition coefficient (Wildman–Crippen LogP) is 9.29. The summed E-state index contributed by atoms with van der Waals surface area (Å²) in [5.41, 5.74) is 22.9. The molecule has 3 amide bonds. The van der Waals surface area contributed by atoms with Gasteiger partial charge in [0.25, 0.3) is 29.5 Å². The number of nitrogens with zero attached hydrogens (tertiary/aromatic N) is 17. The van der Waals surface area contributed by atoms with Crippen molar-refractivity contribution in [1.82, 2.24) is 69.2 Å². The zero-order valence-electron chi connectivity index (χ0n) is 81.6. The Labute approximate surface area is 802 Å². The minimum Gasteiger partial charge on any atom is -0.460 e. The van der Waals surface area contributed by atoms with E-state index in [1.807, 2.05) is 86.0 Å². The zero-order chi connectivity index (χ0) is 97.3. The number of aromatic nitrogens is 9. The van der Waals surface area contributed by atoms with Crippen LogP contribution in [0.25, 0.3) is 33.4 Å². The number of ether oxygens (including phenoxy) is 6. The smallest absolute Gasteiger partial charge is 0.329 e. The van der Waals surface area contributed by atoms with Gasteiger partial charge in [0.2, 0.25) is 17.7 Å². The van der Waals surface area contributed by atoms with Crippen LogP contribution in [0.2, 0.25) is 0 Å². The number of anilines is 4. The lowest BCUT2D eigenvalue weighted by Gasteiger charge is -2.43. The number of benzene rings is 2. The fraction of sp³-hybridized carbons (Fsp3) is 0.604. The van der Waals surface area contributed by atoms with Crippen molar-refractivity contribution < 1.29 is 82.1 Å². The van der Waals surface area contributed by atoms with Crippen molar-refractivity contribution in [3.05, 3.63) is 142 Å². The Kier molecular flexibility index (Phi) is 35.3. The molecule has 742 valence electrons. The highest BCUT2D eigenvalue weighted by molar-refractivity contribution is 6.39. The molecule has 15 rings (SSSR count). The number of carbonyl (C=O) groups excluding carboxylic acids is 5. The Morgan fingerprint density at radius 2 is 1.47 bits per heavy atom. The summed E-state index contributed by atoms with van der Waals surface area (Å²) < 4.78 is 43.2. The molecule has 137 heavy (non-hydrogen) atoms. The molecular formula is C101H141N19O17. The number of cyclic esters (lactones) is 1. The molecule has 2 bridgehead atoms. The van der Waals surface area contributed by atoms with Gasteiger partial charge in [0.05, 0.1) is 66.0 Å². The summed E-state index contributed by atoms with van der Waals surface area (Å²) in [7, 11) is 6.76. The second-order valence-electron chi connectivity index (χ2n) is 38.7. The van der Waals surface area contributed by atoms with Crippen molar-refractivity contribution in [3.8, 4) is 11.3 Å². The lowest BCUT2D eigenvalue weighted by atomic mass is 9.78. The molecule has 1 saturated carbocycles. The third-order valence-electron chi connectivity index (χ3n) is 28.7. The van der Waals surface area contributed by atoms with Gasteiger partial charge in [-0.1, -0.05) is 101 Å². The molecule has 0 radical (unpaired) electrons. The number of amides is 3. The van der Waals surface area contributed by atoms with Crippen LogP contribution in [0.1, 0.15) is 177 Å². The number of hydrogen-bond acceptors (Lipinski definition) is 32. The number of esters is 1. The molecule has 8 aliphatic rings. The van der Waals surface area contributed by atoms with Crippen LogP contribution in [0, 0.1) is 35.5 Å². The molecule has 8 N–H and O–H groups in total. The number of aliphatic hydroxyl groups is 4. The maximum atomic E-state index is 14.7. The van der Waals surface area contributed by atoms with Crippen LogP contribution in [0.3, 0.4) is 0 Å². The molecule has 7 aromatic rings. The van der Waals surface area contributed by atoms with E-state index in [0.29, 0.717) is 159 Å². The third-order valence-corrected chi connectivity index (χ3v) is 28.7. The number of piperidine rings is 1. The van der Waals surface area contributed by atoms with E-state index in [1.165, 1.54) is 23.9 Å². The molecule has 4 saturated heterocycles. The predicted molar refractivity (Wildman–Crippen MR) is 518 cm³/mol. The molecule has 0 unspecified atom stereocenters. The number of nitrogens with two attached hydrogens (primary N) is 2. The van der Waals surface area contributed by atoms with Crippen molar-refractivity contribution in [2.24, 2.45) is 40.7 Å². The third kappa shape index (κ3) is 25.3. The molecule has 5 fully saturated rings. The number of carbonyl (C=O) groups is 5. The second kappa shape index (κ2) is 47.3. The van der Waals surface area contributed by atoms with Gasteiger partial charge < -0.3 is 99.0 Å². The van der Waals surface area contributed by atoms with Crippen LogP contribution in [-0.2, 0) is 84.9 Å². The van der Waals surface area contributed by atoms with E-state index in [4.69, 9.17) is 59.2 Å². The summed E-state index contributed by atoms with van der Waals surface area (Å²) in [6.07, 6.45) is 19.8. The first-order chi connectivity index (χ1) is 66.0. The Balaban J connectivity index is 0.000000248. The van der Waals surface area contributed by atoms with Gasteiger partial charge in [0.1, 0.15) is 47.7 Å². The SMILES string of the molecule is CCCOCCN1CCN(c2ncc(C(=O)N3CCc4cc(Cn5nc(-c6ccc7oc(N)nc7c6)c6c(N)ncnc65)ccc4C3)cn2)CC1.CO[C@H]1C[C@@H]2CC[C@@H](C)[C@@](O)(O2)C(=O)C(=O)N2CCCC[C@H]2C(=O)O[C@H]([C@H](C)C[C@@H]2CC[C@@H](O)[C@H](OC)C2)C[C@@H](O)[C@H](C)/C=C(\C)[C@@H](O)[C@@H](OC)C(=NOCC(=O)N2CCc3nc(N4CCN(C)CC4)ncc3C2)[C@H](C)C[C@H](C)/C=C/C=C/C=C/1C. The molecule has 16 atom stereocenters. The Hall–Kier alpha value is -10.6. The number of aliphatic hydroxyl groups excluding tert-OH is 3. The number of rotatable bonds is 20. The highest BCUT2D eigenvalue weighted by Gasteiger charge is 2.53. The number of piperazine rings is 2. The summed E-state index contributed by atoms with van der Waals surface area (Å²) in [6, 6.07) is 10.9. The maximum absolute atomic E-state index is 14.7. The summed E-state index contributed by atoms with van der Waals surface area (Å²) in [5.74, 6) is -5.74. The Morgan fingerprint density at radius 3 is 2.23 bits per heavy atom. The first-order valence-corrected chi connectivity index (χ1v) is 48.9. The minimum absolute atomic E-state index is 0.00123. The Bertz CT molecular complexity index is 5440. The van der Waals surface area contributed by atoms with Gasteiger partial charge in [-0.15, -0.1) is 0 Å². The summed E-state index contributed by atoms with van der Waals surface area (Å²) in [4.78, 5) is 122. The van der Waals surface area contributed by atoms with E-state index < -0.39 is 84.1 Å². The first kappa shape index (κ1) is 102. The molecule has 1 aliphatic carbocycles. The van der Waals surface area contributed by atoms with Crippen molar-refractivity contribution >= 4 is 81.0 Å². The fourth-order valence-electron chi connectivity index (χ4n) is 20.2. The van der Waals surface area contributed by atoms with E-state index in [2.05, 4.69) is 99.8 Å². The van der Waals surface area contributed by atoms with Crippen LogP contribution in [0.4, 0.5) is 23.7 Å². The molecule has 36 nitrogen and oxygen atoms in total. The van der Waals surface area contributed by atoms with Gasteiger partial charge in [-0.3, -0.25) is 24.1 Å². The van der Waals surface area contributed by atoms with Gasteiger partial charge >= 0.3 is 5.97 Å². The number of oxime groups is 1. The Morgan fingerprint density at radius 1 is 0.723 bits per heavy atom. The molecule has 7 aliphatic heterocycles. The number of hydrogen-bond donors (Lipinski definition) is 6. The lowest BCUT2D eigenvalue weighted by molar-refractivity contribution is -0.265. The van der Waals surface area contributed by atoms with Crippen LogP contribution in [0.5, 0.6) is 0 Å². The number of nitrogen functional groups attached to an aromatic ring is 2. The minimum atomic E-state index is -2.44. The molecule has 36 heteroatoms. The van der Waals surface area contributed by atoms with Gasteiger partial charge in [0.15, 0.2) is 17.8 Å². The average molecular weight is 1890 g/mol. The summed E-state index contributed by atoms with van der Waals surface area (Å²) >= 11 is 0. The van der Waals surface area contributed by atoms with Gasteiger partial charge in [0, 0.05) is 186 Å². The highest BCUT2D eigenvalue weighted by Crippen LogP contribution is 2.41. The molecule has 12 heterocycles. The van der Waals surface area contributed by atoms with Crippen LogP contribution < -0.4 is 21.3 Å². The average Bonchev–Trinajstić information content (AvgIpc) is 1.64. The second-order valence-corrected chi connectivity index (χ2v) is 38.7. The fourth-order valence-corrected chi connectivity index (χ4v) is 20.2. The van der Waals surface area contributed by atoms with Crippen molar-refractivity contribution in [1.29, 1.82) is 0 Å². The van der Waals surface area contributed by atoms with E-state index in [1.54, 1.807) is 51.4 Å². The molecular weight excluding hydrogens is 1750 g/mol. The normalized spacial score (nSPS) is 28.7. The highest BCUT2D eigenvalue weighted by atomic mass is 16.6. The molecule has 5 aromatic heterocycles. The van der Waals surface area contributed by atoms with E-state index in [0.717, 1.165) is 125 Å². The first-order valence-electron chi connectivity index (χ1n) is 48.9. The quantitative estimate of drug-likeness (QED) is 0.0136. The molecule has 2 aromatic carbocycles. The van der Waals surface area contributed by atoms with E-state index in [-0.39, 0.29) is 73.6 Å². The van der Waals surface area contributed by atoms with Crippen molar-refractivity contribution in [3.63, 3.8) is 0 Å². The number of oxazole rings is 1. The number of methoxy groups -OCH3 is 3. The topological polar surface area (TPSA) is 439 Å². The van der Waals surface area contributed by atoms with E-state index >= 15 is 0 Å². The van der Waals surface area contributed by atoms with Crippen LogP contribution in [-0.4, -0.2) is 312 Å². The number of likely N-dealkylation sites (N-methyl/N-ethyl adjacent to an activating group) is 1. The van der Waals surface area contributed by atoms with E-state index in [9.17, 15) is 44.4 Å². The standard InChI is InChI=1S/C65H101N7O14.C36H40N12O3/c1-40-17-13-12-14-18-41(2)54(81-9)35-49-22-20-46(7)65(80,86-49)61(77)62(78)72-25-16-15-19-51(72)63(79)85-55(43(4)33-47-21-23-52(73)56(34-47)82-10)36-53(74)42(3)32-45(6)59(76)60(83-11)58(44(5)31-40)68-84-39-57(75)71-26-24-50-48(38-71)37-66-64(67-50)70-29-27-69(8)28-30-70;1-2-14-50-15-13-45-9-11-46(12-10-45)36-39-18-27(19-40-36)34(49)47-8-7-24-16-23(3-4-26(24)21-47)20-48-33-30(32(37)41-22-42-33)31(44-48)25-5-6-29-28(17-25)43-35(38)51-29/h12-14,17-18,32,37,40,42-44,46-47,49,51-56,59-60,73-74,76,80H,15-16,19-31,33-36,38-39H2,1-11H3;3-6,16-19,22H,2,7-15,20-21H2,1H3,(H2,38,43)(H2,37,41,42)/b14-12+,17-13+,41-18+,45-32+,68-58?;/t40-,42-,43-,44-,46-,47+,49+,51+,52-,53-,54+,55+,56-,59-,60+,65-;/m1./s1. The van der Waals surface area contributed by atoms with Crippen molar-refractivity contribution in [2.75, 3.05) is 148 Å². The monoisotopic (exact) mass is 1890 g/mol. The molecule has 0 spiro atoms. The van der Waals surface area contributed by atoms with Crippen LogP contribution >= 0.6 is 0 Å². The number of fused-ring (bicyclic) bond motifs is 7. The van der Waals surface area contributed by atoms with Gasteiger partial charge in [-0.05, 0) is 162 Å². The van der Waals surface area contributed by atoms with Crippen LogP contribution in [0.15, 0.2) is 118 Å². The van der Waals surface area contributed by atoms with Gasteiger partial charge in [-0.2, -0.15) is 10.1 Å². The zero-order valence-corrected chi connectivity index (χ0v) is 81.6. The summed E-state index contributed by atoms with van der Waals surface area (Å²) in [5, 5.41) is 57.4. The lowest BCUT2D eigenvalue weighted by Crippen LogP contribution is -2.61. The maximum Gasteiger partial charge on any atom is 0.329 e.